The predicted octanol–water partition coefficient (Wildman–Crippen LogP) is 1.66. The number of nitrogens with one attached hydrogen (secondary N) is 1. The van der Waals surface area contributed by atoms with Crippen molar-refractivity contribution in [2.24, 2.45) is 0 Å². The van der Waals surface area contributed by atoms with Crippen molar-refractivity contribution in [1.82, 2.24) is 9.97 Å². The van der Waals surface area contributed by atoms with E-state index < -0.39 is 10.5 Å². The number of hydrogen-bond acceptors (Lipinski definition) is 5. The van der Waals surface area contributed by atoms with E-state index in [9.17, 15) is 14.9 Å². The second kappa shape index (κ2) is 3.14. The summed E-state index contributed by atoms with van der Waals surface area (Å²) in [4.78, 5) is 27.8. The van der Waals surface area contributed by atoms with Gasteiger partial charge in [-0.25, -0.2) is 4.98 Å². The maximum Gasteiger partial charge on any atom is 0.309 e. The Kier molecular flexibility index (Phi) is 2.08. The van der Waals surface area contributed by atoms with Crippen LogP contribution in [0.15, 0.2) is 14.9 Å². The van der Waals surface area contributed by atoms with Crippen LogP contribution in [-0.2, 0) is 0 Å². The molecule has 2 rings (SSSR count). The van der Waals surface area contributed by atoms with E-state index in [1.165, 1.54) is 6.33 Å². The van der Waals surface area contributed by atoms with Crippen molar-refractivity contribution in [3.05, 3.63) is 30.6 Å². The van der Waals surface area contributed by atoms with Gasteiger partial charge >= 0.3 is 5.69 Å². The topological polar surface area (TPSA) is 88.9 Å². The zero-order chi connectivity index (χ0) is 10.3. The average molecular weight is 276 g/mol. The summed E-state index contributed by atoms with van der Waals surface area (Å²) >= 11 is 4.09. The first-order chi connectivity index (χ1) is 6.61. The highest BCUT2D eigenvalue weighted by Gasteiger charge is 2.23. The minimum absolute atomic E-state index is 0.0226. The molecule has 0 aliphatic rings. The molecular formula is C6H2BrN3O3S. The average Bonchev–Trinajstić information content (AvgIpc) is 2.42. The number of rotatable bonds is 1. The summed E-state index contributed by atoms with van der Waals surface area (Å²) in [5, 5.41) is 10.7. The number of fused-ring (bicyclic) bond motifs is 1. The maximum atomic E-state index is 11.3. The number of nitrogens with zero attached hydrogens (tertiary/aromatic N) is 2. The first-order valence-corrected chi connectivity index (χ1v) is 5.02. The van der Waals surface area contributed by atoms with Gasteiger partial charge in [0.05, 0.1) is 11.3 Å². The van der Waals surface area contributed by atoms with E-state index in [1.54, 1.807) is 0 Å². The van der Waals surface area contributed by atoms with E-state index in [-0.39, 0.29) is 11.1 Å². The third-order valence-corrected chi connectivity index (χ3v) is 3.35. The molecule has 0 aromatic carbocycles. The second-order valence-corrected chi connectivity index (χ2v) is 4.71. The molecule has 1 N–H and O–H groups in total. The minimum Gasteiger partial charge on any atom is -0.312 e. The monoisotopic (exact) mass is 275 g/mol. The Morgan fingerprint density at radius 1 is 1.64 bits per heavy atom. The van der Waals surface area contributed by atoms with Crippen LogP contribution in [-0.4, -0.2) is 14.9 Å². The molecule has 2 aromatic rings. The zero-order valence-electron chi connectivity index (χ0n) is 6.48. The normalized spacial score (nSPS) is 10.6. The molecule has 2 heterocycles. The van der Waals surface area contributed by atoms with E-state index in [2.05, 4.69) is 25.9 Å². The fourth-order valence-corrected chi connectivity index (χ4v) is 2.71. The van der Waals surface area contributed by atoms with Gasteiger partial charge in [0.15, 0.2) is 9.17 Å². The van der Waals surface area contributed by atoms with Gasteiger partial charge in [-0.3, -0.25) is 14.9 Å². The molecule has 0 saturated carbocycles. The van der Waals surface area contributed by atoms with Crippen molar-refractivity contribution < 1.29 is 4.92 Å². The number of aromatic nitrogens is 2. The van der Waals surface area contributed by atoms with Gasteiger partial charge in [0.2, 0.25) is 0 Å². The SMILES string of the molecule is O=c1[nH]cnc2sc(Br)c([N+](=O)[O-])c12. The summed E-state index contributed by atoms with van der Waals surface area (Å²) in [6, 6.07) is 0. The fourth-order valence-electron chi connectivity index (χ4n) is 1.06. The molecule has 0 amide bonds. The quantitative estimate of drug-likeness (QED) is 0.633. The Labute approximate surface area is 88.9 Å². The van der Waals surface area contributed by atoms with Gasteiger partial charge in [-0.05, 0) is 15.9 Å². The van der Waals surface area contributed by atoms with Gasteiger partial charge in [0.1, 0.15) is 4.83 Å². The van der Waals surface area contributed by atoms with Crippen molar-refractivity contribution in [1.29, 1.82) is 0 Å². The van der Waals surface area contributed by atoms with Gasteiger partial charge in [0, 0.05) is 0 Å². The number of hydrogen-bond donors (Lipinski definition) is 1. The molecule has 6 nitrogen and oxygen atoms in total. The van der Waals surface area contributed by atoms with Gasteiger partial charge < -0.3 is 4.98 Å². The lowest BCUT2D eigenvalue weighted by molar-refractivity contribution is -0.383. The van der Waals surface area contributed by atoms with Crippen LogP contribution in [0.3, 0.4) is 0 Å². The predicted molar refractivity (Wildman–Crippen MR) is 54.6 cm³/mol. The lowest BCUT2D eigenvalue weighted by Gasteiger charge is -1.87. The first kappa shape index (κ1) is 9.28. The summed E-state index contributed by atoms with van der Waals surface area (Å²) in [5.74, 6) is 0. The highest BCUT2D eigenvalue weighted by Crippen LogP contribution is 2.37. The van der Waals surface area contributed by atoms with Gasteiger partial charge in [-0.15, -0.1) is 11.3 Å². The third kappa shape index (κ3) is 1.23. The summed E-state index contributed by atoms with van der Waals surface area (Å²) in [7, 11) is 0. The molecule has 0 atom stereocenters. The summed E-state index contributed by atoms with van der Waals surface area (Å²) in [6.07, 6.45) is 1.22. The van der Waals surface area contributed by atoms with Crippen LogP contribution in [0.2, 0.25) is 0 Å². The molecule has 0 aliphatic heterocycles. The van der Waals surface area contributed by atoms with Crippen LogP contribution in [0.1, 0.15) is 0 Å². The van der Waals surface area contributed by atoms with Crippen LogP contribution < -0.4 is 5.56 Å². The Balaban J connectivity index is 3.01. The number of H-pyrrole nitrogens is 1. The van der Waals surface area contributed by atoms with E-state index in [4.69, 9.17) is 0 Å². The van der Waals surface area contributed by atoms with Crippen molar-refractivity contribution in [2.75, 3.05) is 0 Å². The van der Waals surface area contributed by atoms with Crippen molar-refractivity contribution in [3.63, 3.8) is 0 Å². The van der Waals surface area contributed by atoms with E-state index >= 15 is 0 Å². The van der Waals surface area contributed by atoms with Crippen LogP contribution in [0.25, 0.3) is 10.2 Å². The first-order valence-electron chi connectivity index (χ1n) is 3.41. The fraction of sp³-hybridized carbons (Fsp3) is 0. The van der Waals surface area contributed by atoms with Crippen LogP contribution >= 0.6 is 27.3 Å². The number of halogens is 1. The standard InChI is InChI=1S/C6H2BrN3O3S/c7-4-3(10(12)13)2-5(11)8-1-9-6(2)14-4/h1H,(H,8,9,11). The van der Waals surface area contributed by atoms with Crippen LogP contribution in [0.5, 0.6) is 0 Å². The molecule has 14 heavy (non-hydrogen) atoms. The maximum absolute atomic E-state index is 11.3. The molecule has 8 heteroatoms. The van der Waals surface area contributed by atoms with Gasteiger partial charge in [-0.2, -0.15) is 0 Å². The largest absolute Gasteiger partial charge is 0.312 e. The number of nitro groups is 1. The molecule has 0 spiro atoms. The Morgan fingerprint density at radius 3 is 3.00 bits per heavy atom. The summed E-state index contributed by atoms with van der Waals surface area (Å²) < 4.78 is 0.307. The third-order valence-electron chi connectivity index (χ3n) is 1.61. The number of aromatic amines is 1. The smallest absolute Gasteiger partial charge is 0.309 e. The summed E-state index contributed by atoms with van der Waals surface area (Å²) in [6.45, 7) is 0. The molecule has 0 saturated heterocycles. The molecule has 0 aliphatic carbocycles. The molecular weight excluding hydrogens is 274 g/mol. The molecule has 72 valence electrons. The molecule has 0 radical (unpaired) electrons. The van der Waals surface area contributed by atoms with Crippen LogP contribution in [0, 0.1) is 10.1 Å². The summed E-state index contributed by atoms with van der Waals surface area (Å²) in [5.41, 5.74) is -0.719. The van der Waals surface area contributed by atoms with E-state index in [1.807, 2.05) is 0 Å². The minimum atomic E-state index is -0.597. The lowest BCUT2D eigenvalue weighted by Crippen LogP contribution is -2.06. The van der Waals surface area contributed by atoms with Crippen molar-refractivity contribution >= 4 is 43.2 Å². The van der Waals surface area contributed by atoms with Gasteiger partial charge in [-0.1, -0.05) is 0 Å². The second-order valence-electron chi connectivity index (χ2n) is 2.39. The van der Waals surface area contributed by atoms with Gasteiger partial charge in [0.25, 0.3) is 5.56 Å². The number of thiophene rings is 1. The Hall–Kier alpha value is -1.28. The van der Waals surface area contributed by atoms with Crippen LogP contribution in [0.4, 0.5) is 5.69 Å². The zero-order valence-corrected chi connectivity index (χ0v) is 8.89. The molecule has 0 bridgehead atoms. The molecule has 2 aromatic heterocycles. The highest BCUT2D eigenvalue weighted by molar-refractivity contribution is 9.11. The Bertz CT molecular complexity index is 575. The van der Waals surface area contributed by atoms with Crippen molar-refractivity contribution in [3.8, 4) is 0 Å². The molecule has 0 fully saturated rings. The van der Waals surface area contributed by atoms with E-state index in [0.29, 0.717) is 8.62 Å². The van der Waals surface area contributed by atoms with E-state index in [0.717, 1.165) is 11.3 Å². The lowest BCUT2D eigenvalue weighted by atomic mass is 10.4. The Morgan fingerprint density at radius 2 is 2.36 bits per heavy atom. The molecule has 0 unspecified atom stereocenters. The highest BCUT2D eigenvalue weighted by atomic mass is 79.9. The van der Waals surface area contributed by atoms with Crippen molar-refractivity contribution in [2.45, 2.75) is 0 Å².